The first-order chi connectivity index (χ1) is 9.19. The van der Waals surface area contributed by atoms with E-state index in [-0.39, 0.29) is 5.43 Å². The predicted molar refractivity (Wildman–Crippen MR) is 79.4 cm³/mol. The van der Waals surface area contributed by atoms with Gasteiger partial charge in [-0.05, 0) is 49.2 Å². The SMILES string of the molecule is C/C=C/c1ccc2c(=O)c3ccc(C)cc3oc2c1. The van der Waals surface area contributed by atoms with Crippen LogP contribution in [-0.4, -0.2) is 0 Å². The molecule has 3 rings (SSSR count). The fraction of sp³-hybridized carbons (Fsp3) is 0.118. The highest BCUT2D eigenvalue weighted by Gasteiger charge is 2.07. The van der Waals surface area contributed by atoms with E-state index < -0.39 is 0 Å². The Morgan fingerprint density at radius 1 is 1.00 bits per heavy atom. The third kappa shape index (κ3) is 1.95. The number of rotatable bonds is 1. The maximum absolute atomic E-state index is 12.4. The molecule has 19 heavy (non-hydrogen) atoms. The molecule has 0 fully saturated rings. The van der Waals surface area contributed by atoms with E-state index in [4.69, 9.17) is 4.42 Å². The lowest BCUT2D eigenvalue weighted by Gasteiger charge is -2.03. The van der Waals surface area contributed by atoms with Gasteiger partial charge in [0.2, 0.25) is 5.43 Å². The summed E-state index contributed by atoms with van der Waals surface area (Å²) in [6.07, 6.45) is 3.95. The van der Waals surface area contributed by atoms with Gasteiger partial charge in [-0.1, -0.05) is 24.3 Å². The summed E-state index contributed by atoms with van der Waals surface area (Å²) < 4.78 is 5.86. The zero-order chi connectivity index (χ0) is 13.4. The van der Waals surface area contributed by atoms with Crippen LogP contribution in [0.3, 0.4) is 0 Å². The van der Waals surface area contributed by atoms with Gasteiger partial charge in [-0.25, -0.2) is 0 Å². The standard InChI is InChI=1S/C17H14O2/c1-3-4-12-6-8-14-16(10-12)19-15-9-11(2)5-7-13(15)17(14)18/h3-10H,1-2H3/b4-3+. The summed E-state index contributed by atoms with van der Waals surface area (Å²) in [4.78, 5) is 12.4. The Hall–Kier alpha value is -2.35. The first-order valence-corrected chi connectivity index (χ1v) is 6.29. The molecule has 94 valence electrons. The summed E-state index contributed by atoms with van der Waals surface area (Å²) in [5.41, 5.74) is 3.43. The van der Waals surface area contributed by atoms with Gasteiger partial charge in [-0.3, -0.25) is 4.79 Å². The molecule has 2 aromatic carbocycles. The monoisotopic (exact) mass is 250 g/mol. The van der Waals surface area contributed by atoms with E-state index in [1.54, 1.807) is 0 Å². The van der Waals surface area contributed by atoms with Gasteiger partial charge < -0.3 is 4.42 Å². The van der Waals surface area contributed by atoms with Gasteiger partial charge in [0, 0.05) is 0 Å². The molecule has 2 nitrogen and oxygen atoms in total. The van der Waals surface area contributed by atoms with Gasteiger partial charge >= 0.3 is 0 Å². The molecule has 0 saturated heterocycles. The van der Waals surface area contributed by atoms with E-state index in [1.807, 2.05) is 62.4 Å². The maximum atomic E-state index is 12.4. The van der Waals surface area contributed by atoms with Crippen LogP contribution >= 0.6 is 0 Å². The number of allylic oxidation sites excluding steroid dienone is 1. The molecule has 2 heteroatoms. The van der Waals surface area contributed by atoms with Crippen molar-refractivity contribution in [3.63, 3.8) is 0 Å². The number of hydrogen-bond donors (Lipinski definition) is 0. The second kappa shape index (κ2) is 4.39. The second-order valence-electron chi connectivity index (χ2n) is 4.69. The quantitative estimate of drug-likeness (QED) is 0.603. The lowest BCUT2D eigenvalue weighted by molar-refractivity contribution is 0.659. The van der Waals surface area contributed by atoms with Crippen LogP contribution in [0.25, 0.3) is 28.0 Å². The molecule has 1 aromatic heterocycles. The van der Waals surface area contributed by atoms with E-state index in [9.17, 15) is 4.79 Å². The average Bonchev–Trinajstić information content (AvgIpc) is 2.38. The summed E-state index contributed by atoms with van der Waals surface area (Å²) in [6.45, 7) is 3.95. The van der Waals surface area contributed by atoms with E-state index >= 15 is 0 Å². The van der Waals surface area contributed by atoms with Crippen molar-refractivity contribution in [2.24, 2.45) is 0 Å². The Kier molecular flexibility index (Phi) is 2.71. The molecule has 0 atom stereocenters. The normalized spacial score (nSPS) is 11.7. The minimum absolute atomic E-state index is 0.0308. The summed E-state index contributed by atoms with van der Waals surface area (Å²) in [5.74, 6) is 0. The Morgan fingerprint density at radius 3 is 2.42 bits per heavy atom. The fourth-order valence-electron chi connectivity index (χ4n) is 2.27. The van der Waals surface area contributed by atoms with E-state index in [2.05, 4.69) is 0 Å². The van der Waals surface area contributed by atoms with Gasteiger partial charge in [0.15, 0.2) is 0 Å². The molecule has 0 aliphatic heterocycles. The second-order valence-corrected chi connectivity index (χ2v) is 4.69. The third-order valence-corrected chi connectivity index (χ3v) is 3.21. The van der Waals surface area contributed by atoms with Gasteiger partial charge in [-0.2, -0.15) is 0 Å². The summed E-state index contributed by atoms with van der Waals surface area (Å²) >= 11 is 0. The van der Waals surface area contributed by atoms with Gasteiger partial charge in [0.1, 0.15) is 11.2 Å². The van der Waals surface area contributed by atoms with Crippen molar-refractivity contribution in [1.82, 2.24) is 0 Å². The van der Waals surface area contributed by atoms with Crippen molar-refractivity contribution < 1.29 is 4.42 Å². The molecule has 3 aromatic rings. The van der Waals surface area contributed by atoms with Crippen LogP contribution in [0.2, 0.25) is 0 Å². The minimum Gasteiger partial charge on any atom is -0.456 e. The zero-order valence-electron chi connectivity index (χ0n) is 10.9. The van der Waals surface area contributed by atoms with Crippen molar-refractivity contribution in [3.05, 3.63) is 63.8 Å². The topological polar surface area (TPSA) is 30.2 Å². The molecular weight excluding hydrogens is 236 g/mol. The molecule has 0 unspecified atom stereocenters. The van der Waals surface area contributed by atoms with Crippen molar-refractivity contribution in [2.75, 3.05) is 0 Å². The average molecular weight is 250 g/mol. The van der Waals surface area contributed by atoms with Crippen LogP contribution in [0.1, 0.15) is 18.1 Å². The van der Waals surface area contributed by atoms with E-state index in [1.165, 1.54) is 0 Å². The minimum atomic E-state index is 0.0308. The largest absolute Gasteiger partial charge is 0.456 e. The van der Waals surface area contributed by atoms with Crippen molar-refractivity contribution >= 4 is 28.0 Å². The Morgan fingerprint density at radius 2 is 1.68 bits per heavy atom. The number of fused-ring (bicyclic) bond motifs is 2. The molecule has 0 aliphatic carbocycles. The highest BCUT2D eigenvalue weighted by atomic mass is 16.3. The molecule has 0 radical (unpaired) electrons. The lowest BCUT2D eigenvalue weighted by Crippen LogP contribution is -2.02. The predicted octanol–water partition coefficient (Wildman–Crippen LogP) is 4.29. The van der Waals surface area contributed by atoms with Gasteiger partial charge in [-0.15, -0.1) is 0 Å². The van der Waals surface area contributed by atoms with Crippen LogP contribution in [0.4, 0.5) is 0 Å². The number of aryl methyl sites for hydroxylation is 1. The highest BCUT2D eigenvalue weighted by Crippen LogP contribution is 2.21. The maximum Gasteiger partial charge on any atom is 0.200 e. The third-order valence-electron chi connectivity index (χ3n) is 3.21. The smallest absolute Gasteiger partial charge is 0.200 e. The number of benzene rings is 2. The Labute approximate surface area is 111 Å². The molecule has 1 heterocycles. The molecule has 0 N–H and O–H groups in total. The van der Waals surface area contributed by atoms with Crippen molar-refractivity contribution in [3.8, 4) is 0 Å². The van der Waals surface area contributed by atoms with Crippen LogP contribution in [-0.2, 0) is 0 Å². The zero-order valence-corrected chi connectivity index (χ0v) is 10.9. The lowest BCUT2D eigenvalue weighted by atomic mass is 10.1. The first kappa shape index (κ1) is 11.7. The Bertz CT molecular complexity index is 854. The van der Waals surface area contributed by atoms with Crippen molar-refractivity contribution in [1.29, 1.82) is 0 Å². The summed E-state index contributed by atoms with van der Waals surface area (Å²) in [7, 11) is 0. The number of hydrogen-bond acceptors (Lipinski definition) is 2. The fourth-order valence-corrected chi connectivity index (χ4v) is 2.27. The molecule has 0 spiro atoms. The molecular formula is C17H14O2. The van der Waals surface area contributed by atoms with E-state index in [0.717, 1.165) is 11.1 Å². The molecule has 0 saturated carbocycles. The van der Waals surface area contributed by atoms with Crippen LogP contribution in [0.15, 0.2) is 51.7 Å². The van der Waals surface area contributed by atoms with E-state index in [0.29, 0.717) is 21.9 Å². The van der Waals surface area contributed by atoms with Crippen molar-refractivity contribution in [2.45, 2.75) is 13.8 Å². The Balaban J connectivity index is 2.43. The van der Waals surface area contributed by atoms with Crippen LogP contribution < -0.4 is 5.43 Å². The first-order valence-electron chi connectivity index (χ1n) is 6.29. The summed E-state index contributed by atoms with van der Waals surface area (Å²) in [5, 5.41) is 1.27. The summed E-state index contributed by atoms with van der Waals surface area (Å²) in [6, 6.07) is 11.3. The molecule has 0 bridgehead atoms. The molecule has 0 aliphatic rings. The molecule has 0 amide bonds. The van der Waals surface area contributed by atoms with Gasteiger partial charge in [0.05, 0.1) is 10.8 Å². The van der Waals surface area contributed by atoms with Crippen LogP contribution in [0.5, 0.6) is 0 Å². The van der Waals surface area contributed by atoms with Crippen LogP contribution in [0, 0.1) is 6.92 Å². The highest BCUT2D eigenvalue weighted by molar-refractivity contribution is 5.90. The van der Waals surface area contributed by atoms with Gasteiger partial charge in [0.25, 0.3) is 0 Å².